The summed E-state index contributed by atoms with van der Waals surface area (Å²) in [6.07, 6.45) is 1.95. The predicted octanol–water partition coefficient (Wildman–Crippen LogP) is 4.94. The minimum absolute atomic E-state index is 0.233. The molecule has 12 heteroatoms. The molecule has 2 aromatic heterocycles. The fraction of sp³-hybridized carbons (Fsp3) is 0.355. The second kappa shape index (κ2) is 12.1. The maximum atomic E-state index is 14.1. The van der Waals surface area contributed by atoms with E-state index in [0.29, 0.717) is 68.5 Å². The molecule has 12 nitrogen and oxygen atoms in total. The lowest BCUT2D eigenvalue weighted by atomic mass is 10.0. The Morgan fingerprint density at radius 1 is 1.02 bits per heavy atom. The van der Waals surface area contributed by atoms with Crippen molar-refractivity contribution in [2.24, 2.45) is 0 Å². The van der Waals surface area contributed by atoms with Crippen LogP contribution in [0, 0.1) is 22.0 Å². The van der Waals surface area contributed by atoms with Gasteiger partial charge in [-0.1, -0.05) is 5.92 Å². The quantitative estimate of drug-likeness (QED) is 0.0785. The van der Waals surface area contributed by atoms with Gasteiger partial charge in [0.15, 0.2) is 23.9 Å². The number of hydrogen-bond acceptors (Lipinski definition) is 9. The van der Waals surface area contributed by atoms with Crippen molar-refractivity contribution in [3.05, 3.63) is 69.1 Å². The van der Waals surface area contributed by atoms with Crippen LogP contribution in [0.4, 0.5) is 5.88 Å². The highest BCUT2D eigenvalue weighted by molar-refractivity contribution is 6.16. The van der Waals surface area contributed by atoms with Crippen LogP contribution in [0.2, 0.25) is 0 Å². The van der Waals surface area contributed by atoms with Crippen molar-refractivity contribution in [3.63, 3.8) is 0 Å². The zero-order valence-corrected chi connectivity index (χ0v) is 24.8. The highest BCUT2D eigenvalue weighted by Gasteiger charge is 2.36. The van der Waals surface area contributed by atoms with Gasteiger partial charge in [0.05, 0.1) is 58.7 Å². The Morgan fingerprint density at radius 3 is 2.26 bits per heavy atom. The predicted molar refractivity (Wildman–Crippen MR) is 157 cm³/mol. The number of aromatic nitrogens is 2. The molecule has 43 heavy (non-hydrogen) atoms. The number of ketones is 1. The van der Waals surface area contributed by atoms with E-state index in [0.717, 1.165) is 25.9 Å². The van der Waals surface area contributed by atoms with Gasteiger partial charge in [0.25, 0.3) is 0 Å². The zero-order valence-electron chi connectivity index (χ0n) is 24.8. The van der Waals surface area contributed by atoms with E-state index in [4.69, 9.17) is 28.5 Å². The normalized spacial score (nSPS) is 13.8. The summed E-state index contributed by atoms with van der Waals surface area (Å²) in [7, 11) is 6.05. The van der Waals surface area contributed by atoms with Gasteiger partial charge in [-0.3, -0.25) is 19.4 Å². The zero-order chi connectivity index (χ0) is 30.7. The molecule has 1 aliphatic heterocycles. The van der Waals surface area contributed by atoms with E-state index >= 15 is 0 Å². The third-order valence-corrected chi connectivity index (χ3v) is 7.75. The van der Waals surface area contributed by atoms with Crippen LogP contribution in [0.5, 0.6) is 23.0 Å². The standard InChI is InChI=1S/C31H33N4O8/c1-6-9-22-24(39-2)12-11-23-28(30(36)20-16-25(40-3)31(42-5)26(17-20)41-4)32-33(29(22)23)19-35(14-7-8-15-35)18-21-10-13-27(43-21)34(37)38/h10-13,16-17H,7-8,14-15,18-19H2,1-5H3/q+1. The van der Waals surface area contributed by atoms with Crippen LogP contribution in [0.15, 0.2) is 40.8 Å². The Morgan fingerprint density at radius 2 is 1.70 bits per heavy atom. The molecule has 3 heterocycles. The molecule has 2 aromatic carbocycles. The first kappa shape index (κ1) is 29.5. The molecule has 0 spiro atoms. The first-order valence-corrected chi connectivity index (χ1v) is 13.7. The van der Waals surface area contributed by atoms with E-state index in [9.17, 15) is 14.9 Å². The molecular formula is C31H33N4O8+. The number of carbonyl (C=O) groups is 1. The highest BCUT2D eigenvalue weighted by atomic mass is 16.6. The third-order valence-electron chi connectivity index (χ3n) is 7.75. The Bertz CT molecular complexity index is 1730. The highest BCUT2D eigenvalue weighted by Crippen LogP contribution is 2.40. The number of hydrogen-bond donors (Lipinski definition) is 0. The number of quaternary nitrogens is 1. The number of benzene rings is 2. The van der Waals surface area contributed by atoms with Gasteiger partial charge in [-0.15, -0.1) is 5.92 Å². The van der Waals surface area contributed by atoms with E-state index in [1.54, 1.807) is 38.3 Å². The number of rotatable bonds is 11. The van der Waals surface area contributed by atoms with Crippen molar-refractivity contribution >= 4 is 22.6 Å². The van der Waals surface area contributed by atoms with Crippen LogP contribution in [0.3, 0.4) is 0 Å². The van der Waals surface area contributed by atoms with Gasteiger partial charge in [-0.25, -0.2) is 4.68 Å². The van der Waals surface area contributed by atoms with E-state index in [1.165, 1.54) is 27.4 Å². The Balaban J connectivity index is 1.66. The number of nitrogens with zero attached hydrogens (tertiary/aromatic N) is 4. The van der Waals surface area contributed by atoms with Crippen LogP contribution in [-0.4, -0.2) is 66.5 Å². The molecule has 0 saturated carbocycles. The number of fused-ring (bicyclic) bond motifs is 1. The Labute approximate surface area is 248 Å². The third kappa shape index (κ3) is 5.47. The lowest BCUT2D eigenvalue weighted by Gasteiger charge is -2.33. The number of furan rings is 1. The van der Waals surface area contributed by atoms with E-state index < -0.39 is 4.92 Å². The number of methoxy groups -OCH3 is 4. The summed E-state index contributed by atoms with van der Waals surface area (Å²) >= 11 is 0. The van der Waals surface area contributed by atoms with Crippen LogP contribution in [0.25, 0.3) is 10.9 Å². The van der Waals surface area contributed by atoms with Crippen molar-refractivity contribution < 1.29 is 37.6 Å². The Kier molecular flexibility index (Phi) is 8.27. The molecule has 0 radical (unpaired) electrons. The summed E-state index contributed by atoms with van der Waals surface area (Å²) in [5.41, 5.74) is 1.83. The molecule has 0 N–H and O–H groups in total. The maximum Gasteiger partial charge on any atom is 0.433 e. The van der Waals surface area contributed by atoms with Gasteiger partial charge in [0.2, 0.25) is 11.5 Å². The van der Waals surface area contributed by atoms with Gasteiger partial charge >= 0.3 is 5.88 Å². The number of carbonyl (C=O) groups excluding carboxylic acids is 1. The molecule has 224 valence electrons. The van der Waals surface area contributed by atoms with Crippen molar-refractivity contribution in [1.29, 1.82) is 0 Å². The fourth-order valence-electron chi connectivity index (χ4n) is 5.81. The van der Waals surface area contributed by atoms with Crippen molar-refractivity contribution in [2.45, 2.75) is 33.0 Å². The molecule has 0 bridgehead atoms. The molecule has 0 atom stereocenters. The van der Waals surface area contributed by atoms with Gasteiger partial charge in [0.1, 0.15) is 22.9 Å². The summed E-state index contributed by atoms with van der Waals surface area (Å²) in [6.45, 7) is 4.18. The second-order valence-electron chi connectivity index (χ2n) is 10.3. The van der Waals surface area contributed by atoms with Crippen LogP contribution < -0.4 is 18.9 Å². The number of nitro groups is 1. The lowest BCUT2D eigenvalue weighted by Crippen LogP contribution is -2.45. The van der Waals surface area contributed by atoms with E-state index in [2.05, 4.69) is 11.8 Å². The van der Waals surface area contributed by atoms with E-state index in [1.807, 2.05) is 10.7 Å². The Hall–Kier alpha value is -5.02. The monoisotopic (exact) mass is 589 g/mol. The van der Waals surface area contributed by atoms with E-state index in [-0.39, 0.29) is 17.4 Å². The number of ether oxygens (including phenoxy) is 4. The van der Waals surface area contributed by atoms with Crippen LogP contribution in [0.1, 0.15) is 47.1 Å². The minimum atomic E-state index is -0.540. The molecule has 1 fully saturated rings. The molecule has 0 amide bonds. The van der Waals surface area contributed by atoms with Gasteiger partial charge in [0, 0.05) is 23.8 Å². The fourth-order valence-corrected chi connectivity index (χ4v) is 5.81. The van der Waals surface area contributed by atoms with Crippen molar-refractivity contribution in [2.75, 3.05) is 41.5 Å². The molecule has 0 unspecified atom stereocenters. The summed E-state index contributed by atoms with van der Waals surface area (Å²) < 4.78 is 30.0. The van der Waals surface area contributed by atoms with Crippen LogP contribution >= 0.6 is 0 Å². The SMILES string of the molecule is CC#Cc1c(OC)ccc2c(C(=O)c3cc(OC)c(OC)c(OC)c3)nn(C[N+]3(Cc4ccc([N+](=O)[O-])o4)CCCC3)c12. The first-order chi connectivity index (χ1) is 20.8. The van der Waals surface area contributed by atoms with Crippen molar-refractivity contribution in [3.8, 4) is 34.8 Å². The molecule has 1 saturated heterocycles. The first-order valence-electron chi connectivity index (χ1n) is 13.7. The summed E-state index contributed by atoms with van der Waals surface area (Å²) in [6, 6.07) is 9.82. The molecule has 0 aliphatic carbocycles. The van der Waals surface area contributed by atoms with Gasteiger partial charge in [-0.05, 0) is 37.3 Å². The number of likely N-dealkylation sites (tertiary alicyclic amines) is 1. The largest absolute Gasteiger partial charge is 0.495 e. The van der Waals surface area contributed by atoms with Crippen molar-refractivity contribution in [1.82, 2.24) is 9.78 Å². The smallest absolute Gasteiger partial charge is 0.433 e. The molecule has 4 aromatic rings. The summed E-state index contributed by atoms with van der Waals surface area (Å²) in [4.78, 5) is 24.8. The summed E-state index contributed by atoms with van der Waals surface area (Å²) in [5, 5.41) is 16.8. The lowest BCUT2D eigenvalue weighted by molar-refractivity contribution is -0.951. The molecular weight excluding hydrogens is 556 g/mol. The molecule has 5 rings (SSSR count). The van der Waals surface area contributed by atoms with Gasteiger partial charge in [-0.2, -0.15) is 5.10 Å². The topological polar surface area (TPSA) is 128 Å². The average molecular weight is 590 g/mol. The molecule has 1 aliphatic rings. The average Bonchev–Trinajstić information content (AvgIpc) is 3.76. The minimum Gasteiger partial charge on any atom is -0.495 e. The van der Waals surface area contributed by atoms with Crippen LogP contribution in [-0.2, 0) is 13.2 Å². The second-order valence-corrected chi connectivity index (χ2v) is 10.3. The summed E-state index contributed by atoms with van der Waals surface area (Å²) in [5.74, 6) is 7.64. The maximum absolute atomic E-state index is 14.1. The van der Waals surface area contributed by atoms with Gasteiger partial charge < -0.3 is 23.4 Å².